The quantitative estimate of drug-likeness (QED) is 0.436. The predicted molar refractivity (Wildman–Crippen MR) is 162 cm³/mol. The van der Waals surface area contributed by atoms with Crippen LogP contribution in [0.4, 0.5) is 4.39 Å². The van der Waals surface area contributed by atoms with Crippen LogP contribution < -0.4 is 0 Å². The standard InChI is InChI=1S/C34H36FN3O5S/c1-32-17-20-19-37-38(23-8-6-22(35)7-9-23)26(20)16-21(32)5-10-24-25-11-12-34(31(41)44-15-13-36,33(25,2)18-27(39)29(24)32)43-30(40)28-4-3-14-42-28/h3,6-9,14,16,19,24-25,27-29,39H,4-5,10-12,15,17-18H2,1-2H3/t24-,25-,27-,28?,29+,32-,33-,34-/m0/s1. The molecule has 4 aliphatic carbocycles. The van der Waals surface area contributed by atoms with Gasteiger partial charge in [-0.05, 0) is 104 Å². The van der Waals surface area contributed by atoms with E-state index in [0.717, 1.165) is 48.0 Å². The average Bonchev–Trinajstić information content (AvgIpc) is 3.73. The SMILES string of the molecule is C[C@]12Cc3cnn(-c4ccc(F)cc4)c3C=C1CC[C@@H]1[C@@H]2[C@@H](O)C[C@@]2(C)[C@H]1CC[C@]2(OC(=O)C1CC=CO1)C(=O)SCC#N. The van der Waals surface area contributed by atoms with Crippen LogP contribution in [0.25, 0.3) is 11.8 Å². The average molecular weight is 618 g/mol. The van der Waals surface area contributed by atoms with E-state index >= 15 is 0 Å². The molecule has 230 valence electrons. The van der Waals surface area contributed by atoms with Gasteiger partial charge in [-0.15, -0.1) is 0 Å². The van der Waals surface area contributed by atoms with Gasteiger partial charge in [0.15, 0.2) is 11.7 Å². The van der Waals surface area contributed by atoms with Crippen LogP contribution in [0.3, 0.4) is 0 Å². The minimum absolute atomic E-state index is 0.0326. The zero-order valence-electron chi connectivity index (χ0n) is 24.9. The van der Waals surface area contributed by atoms with E-state index in [9.17, 15) is 24.3 Å². The van der Waals surface area contributed by atoms with Crippen LogP contribution in [0, 0.1) is 45.7 Å². The van der Waals surface area contributed by atoms with Crippen LogP contribution in [-0.2, 0) is 25.5 Å². The van der Waals surface area contributed by atoms with E-state index in [-0.39, 0.29) is 39.9 Å². The second-order valence-electron chi connectivity index (χ2n) is 13.5. The summed E-state index contributed by atoms with van der Waals surface area (Å²) in [5.74, 6) is -0.762. The molecule has 0 radical (unpaired) electrons. The van der Waals surface area contributed by atoms with Crippen LogP contribution >= 0.6 is 11.8 Å². The van der Waals surface area contributed by atoms with Crippen LogP contribution in [0.5, 0.6) is 0 Å². The molecule has 1 aromatic carbocycles. The van der Waals surface area contributed by atoms with Crippen molar-refractivity contribution in [2.75, 3.05) is 5.75 Å². The lowest BCUT2D eigenvalue weighted by Crippen LogP contribution is -2.63. The summed E-state index contributed by atoms with van der Waals surface area (Å²) in [6.45, 7) is 4.26. The highest BCUT2D eigenvalue weighted by atomic mass is 32.2. The van der Waals surface area contributed by atoms with Crippen LogP contribution in [0.15, 0.2) is 48.4 Å². The Bertz CT molecular complexity index is 1610. The number of carbonyl (C=O) groups excluding carboxylic acids is 2. The molecule has 3 saturated carbocycles. The molecule has 1 N–H and O–H groups in total. The van der Waals surface area contributed by atoms with Gasteiger partial charge in [0.25, 0.3) is 0 Å². The number of aliphatic hydroxyl groups excluding tert-OH is 1. The van der Waals surface area contributed by atoms with Gasteiger partial charge in [-0.3, -0.25) is 4.79 Å². The minimum atomic E-state index is -1.44. The molecule has 0 spiro atoms. The molecule has 7 rings (SSSR count). The van der Waals surface area contributed by atoms with Crippen molar-refractivity contribution in [1.29, 1.82) is 5.26 Å². The number of hydrogen-bond acceptors (Lipinski definition) is 8. The lowest BCUT2D eigenvalue weighted by molar-refractivity contribution is -0.201. The van der Waals surface area contributed by atoms with Gasteiger partial charge in [-0.25, -0.2) is 13.9 Å². The molecule has 5 aliphatic rings. The number of rotatable bonds is 5. The highest BCUT2D eigenvalue weighted by Gasteiger charge is 2.71. The van der Waals surface area contributed by atoms with Gasteiger partial charge in [0.2, 0.25) is 5.12 Å². The molecule has 1 unspecified atom stereocenters. The van der Waals surface area contributed by atoms with E-state index in [1.165, 1.54) is 24.0 Å². The van der Waals surface area contributed by atoms with Gasteiger partial charge in [-0.1, -0.05) is 31.2 Å². The number of ether oxygens (including phenoxy) is 2. The molecule has 0 saturated heterocycles. The number of halogens is 1. The number of benzene rings is 1. The number of esters is 1. The van der Waals surface area contributed by atoms with Crippen LogP contribution in [0.2, 0.25) is 0 Å². The molecule has 44 heavy (non-hydrogen) atoms. The third-order valence-corrected chi connectivity index (χ3v) is 12.3. The number of fused-ring (bicyclic) bond motifs is 6. The number of hydrogen-bond donors (Lipinski definition) is 1. The number of allylic oxidation sites excluding steroid dienone is 1. The Kier molecular flexibility index (Phi) is 7.05. The van der Waals surface area contributed by atoms with Crippen molar-refractivity contribution in [2.24, 2.45) is 28.6 Å². The molecular formula is C34H36FN3O5S. The molecule has 2 heterocycles. The molecule has 8 nitrogen and oxygen atoms in total. The molecular weight excluding hydrogens is 581 g/mol. The van der Waals surface area contributed by atoms with E-state index in [1.807, 2.05) is 23.9 Å². The van der Waals surface area contributed by atoms with Crippen LogP contribution in [-0.4, -0.2) is 49.5 Å². The number of thioether (sulfide) groups is 1. The number of aliphatic hydroxyl groups is 1. The topological polar surface area (TPSA) is 114 Å². The Labute approximate surface area is 260 Å². The fourth-order valence-electron chi connectivity index (χ4n) is 9.49. The van der Waals surface area contributed by atoms with Crippen molar-refractivity contribution >= 4 is 28.9 Å². The summed E-state index contributed by atoms with van der Waals surface area (Å²) in [6.07, 6.45) is 9.99. The van der Waals surface area contributed by atoms with E-state index in [2.05, 4.69) is 18.1 Å². The van der Waals surface area contributed by atoms with Gasteiger partial charge in [0.1, 0.15) is 5.82 Å². The Morgan fingerprint density at radius 1 is 1.27 bits per heavy atom. The van der Waals surface area contributed by atoms with E-state index in [0.29, 0.717) is 25.7 Å². The largest absolute Gasteiger partial charge is 0.486 e. The molecule has 3 fully saturated rings. The summed E-state index contributed by atoms with van der Waals surface area (Å²) in [5, 5.41) is 25.7. The number of carbonyl (C=O) groups is 2. The Balaban J connectivity index is 1.22. The van der Waals surface area contributed by atoms with Crippen molar-refractivity contribution in [1.82, 2.24) is 9.78 Å². The molecule has 1 aliphatic heterocycles. The predicted octanol–water partition coefficient (Wildman–Crippen LogP) is 5.53. The summed E-state index contributed by atoms with van der Waals surface area (Å²) >= 11 is 0.898. The normalized spacial score (nSPS) is 36.6. The molecule has 0 amide bonds. The maximum Gasteiger partial charge on any atom is 0.348 e. The summed E-state index contributed by atoms with van der Waals surface area (Å²) in [4.78, 5) is 27.3. The smallest absolute Gasteiger partial charge is 0.348 e. The number of aromatic nitrogens is 2. The lowest BCUT2D eigenvalue weighted by Gasteiger charge is -2.60. The Morgan fingerprint density at radius 3 is 2.80 bits per heavy atom. The second kappa shape index (κ2) is 10.6. The summed E-state index contributed by atoms with van der Waals surface area (Å²) < 4.78 is 27.1. The van der Waals surface area contributed by atoms with Crippen molar-refractivity contribution in [3.8, 4) is 11.8 Å². The highest BCUT2D eigenvalue weighted by Crippen LogP contribution is 2.69. The molecule has 0 bridgehead atoms. The highest BCUT2D eigenvalue weighted by molar-refractivity contribution is 8.14. The van der Waals surface area contributed by atoms with E-state index in [1.54, 1.807) is 18.2 Å². The van der Waals surface area contributed by atoms with Gasteiger partial charge >= 0.3 is 5.97 Å². The van der Waals surface area contributed by atoms with Gasteiger partial charge in [0, 0.05) is 11.8 Å². The summed E-state index contributed by atoms with van der Waals surface area (Å²) in [6, 6.07) is 8.35. The van der Waals surface area contributed by atoms with Gasteiger partial charge in [0.05, 0.1) is 41.8 Å². The van der Waals surface area contributed by atoms with Crippen molar-refractivity contribution < 1.29 is 28.6 Å². The van der Waals surface area contributed by atoms with Crippen molar-refractivity contribution in [2.45, 2.75) is 76.6 Å². The zero-order chi connectivity index (χ0) is 30.9. The van der Waals surface area contributed by atoms with Crippen molar-refractivity contribution in [3.63, 3.8) is 0 Å². The maximum absolute atomic E-state index is 13.9. The fraction of sp³-hybridized carbons (Fsp3) is 0.529. The van der Waals surface area contributed by atoms with Crippen LogP contribution in [0.1, 0.15) is 63.6 Å². The Morgan fingerprint density at radius 2 is 2.07 bits per heavy atom. The molecule has 1 aromatic heterocycles. The first-order chi connectivity index (χ1) is 21.1. The number of nitriles is 1. The number of nitrogens with zero attached hydrogens (tertiary/aromatic N) is 3. The summed E-state index contributed by atoms with van der Waals surface area (Å²) in [5.41, 5.74) is 1.61. The third kappa shape index (κ3) is 4.22. The Hall–Kier alpha value is -3.42. The molecule has 10 heteroatoms. The second-order valence-corrected chi connectivity index (χ2v) is 14.4. The minimum Gasteiger partial charge on any atom is -0.486 e. The molecule has 2 aromatic rings. The third-order valence-electron chi connectivity index (χ3n) is 11.4. The van der Waals surface area contributed by atoms with Crippen molar-refractivity contribution in [3.05, 3.63) is 65.4 Å². The fourth-order valence-corrected chi connectivity index (χ4v) is 10.3. The maximum atomic E-state index is 13.9. The first-order valence-corrected chi connectivity index (χ1v) is 16.4. The summed E-state index contributed by atoms with van der Waals surface area (Å²) in [7, 11) is 0. The molecule has 8 atom stereocenters. The van der Waals surface area contributed by atoms with Gasteiger partial charge < -0.3 is 14.6 Å². The monoisotopic (exact) mass is 617 g/mol. The first kappa shape index (κ1) is 29.3. The lowest BCUT2D eigenvalue weighted by atomic mass is 9.45. The van der Waals surface area contributed by atoms with E-state index < -0.39 is 29.2 Å². The van der Waals surface area contributed by atoms with Gasteiger partial charge in [-0.2, -0.15) is 10.4 Å². The first-order valence-electron chi connectivity index (χ1n) is 15.4. The van der Waals surface area contributed by atoms with E-state index in [4.69, 9.17) is 9.47 Å². The zero-order valence-corrected chi connectivity index (χ0v) is 25.7.